The predicted octanol–water partition coefficient (Wildman–Crippen LogP) is 5.00. The molecule has 0 unspecified atom stereocenters. The molecule has 2 N–H and O–H groups in total. The van der Waals surface area contributed by atoms with Gasteiger partial charge in [0.05, 0.1) is 36.5 Å². The zero-order valence-corrected chi connectivity index (χ0v) is 26.1. The molecule has 5 aromatic rings. The number of nitrogens with zero attached hydrogens (tertiary/aromatic N) is 6. The average Bonchev–Trinajstić information content (AvgIpc) is 3.59. The van der Waals surface area contributed by atoms with E-state index >= 15 is 0 Å². The standard InChI is InChI=1S/C32H36N8O5/c1-8-28(41)35-22-15-23(26(43-7)16-24(22)39(6)14-13-38(4)5)36-32-33-17-21(31(42)44-19(2)3)30(37-32)40-29-20-11-9-10-12-25(20)45-27(29)18-34-40/h8-12,15-19H,1,13-14H2,2-7H3,(H,35,41)(H,33,36,37). The Kier molecular flexibility index (Phi) is 9.00. The van der Waals surface area contributed by atoms with Crippen LogP contribution in [-0.2, 0) is 9.53 Å². The number of rotatable bonds is 12. The number of likely N-dealkylation sites (N-methyl/N-ethyl adjacent to an activating group) is 2. The van der Waals surface area contributed by atoms with Gasteiger partial charge in [-0.15, -0.1) is 0 Å². The van der Waals surface area contributed by atoms with Crippen LogP contribution in [0.15, 0.2) is 65.9 Å². The molecule has 0 saturated carbocycles. The Hall–Kier alpha value is -5.43. The van der Waals surface area contributed by atoms with E-state index < -0.39 is 5.97 Å². The summed E-state index contributed by atoms with van der Waals surface area (Å²) in [5.74, 6) is -0.140. The van der Waals surface area contributed by atoms with Gasteiger partial charge in [0, 0.05) is 37.8 Å². The van der Waals surface area contributed by atoms with E-state index in [9.17, 15) is 9.59 Å². The molecule has 0 radical (unpaired) electrons. The molecule has 2 aromatic carbocycles. The molecule has 1 amide bonds. The van der Waals surface area contributed by atoms with Crippen LogP contribution >= 0.6 is 0 Å². The summed E-state index contributed by atoms with van der Waals surface area (Å²) in [6.07, 6.45) is 3.81. The highest BCUT2D eigenvalue weighted by atomic mass is 16.5. The fraction of sp³-hybridized carbons (Fsp3) is 0.281. The van der Waals surface area contributed by atoms with Crippen LogP contribution in [0.2, 0.25) is 0 Å². The lowest BCUT2D eigenvalue weighted by atomic mass is 10.2. The van der Waals surface area contributed by atoms with Crippen LogP contribution in [0.1, 0.15) is 24.2 Å². The van der Waals surface area contributed by atoms with Crippen molar-refractivity contribution < 1.29 is 23.5 Å². The topological polar surface area (TPSA) is 140 Å². The Labute approximate surface area is 260 Å². The number of furan rings is 1. The maximum absolute atomic E-state index is 13.2. The second kappa shape index (κ2) is 13.1. The van der Waals surface area contributed by atoms with Crippen LogP contribution < -0.4 is 20.3 Å². The third kappa shape index (κ3) is 6.58. The van der Waals surface area contributed by atoms with Gasteiger partial charge in [-0.1, -0.05) is 18.7 Å². The number of methoxy groups -OCH3 is 1. The summed E-state index contributed by atoms with van der Waals surface area (Å²) in [6, 6.07) is 11.1. The summed E-state index contributed by atoms with van der Waals surface area (Å²) in [5, 5.41) is 11.4. The fourth-order valence-electron chi connectivity index (χ4n) is 4.73. The van der Waals surface area contributed by atoms with Gasteiger partial charge in [0.2, 0.25) is 11.9 Å². The van der Waals surface area contributed by atoms with Crippen LogP contribution in [0.5, 0.6) is 5.75 Å². The largest absolute Gasteiger partial charge is 0.494 e. The molecule has 0 saturated heterocycles. The molecule has 0 aliphatic carbocycles. The summed E-state index contributed by atoms with van der Waals surface area (Å²) in [7, 11) is 7.47. The van der Waals surface area contributed by atoms with Gasteiger partial charge in [-0.25, -0.2) is 14.5 Å². The third-order valence-corrected chi connectivity index (χ3v) is 6.93. The van der Waals surface area contributed by atoms with Gasteiger partial charge < -0.3 is 34.3 Å². The minimum atomic E-state index is -0.597. The number of carbonyl (C=O) groups excluding carboxylic acids is 2. The minimum Gasteiger partial charge on any atom is -0.494 e. The number of ether oxygens (including phenoxy) is 2. The lowest BCUT2D eigenvalue weighted by Gasteiger charge is -2.26. The quantitative estimate of drug-likeness (QED) is 0.145. The number of hydrogen-bond donors (Lipinski definition) is 2. The van der Waals surface area contributed by atoms with Crippen molar-refractivity contribution in [3.8, 4) is 11.6 Å². The highest BCUT2D eigenvalue weighted by Gasteiger charge is 2.24. The van der Waals surface area contributed by atoms with Crippen molar-refractivity contribution in [2.24, 2.45) is 0 Å². The van der Waals surface area contributed by atoms with Crippen LogP contribution in [0.4, 0.5) is 23.0 Å². The number of para-hydroxylation sites is 1. The molecule has 13 nitrogen and oxygen atoms in total. The van der Waals surface area contributed by atoms with E-state index in [0.29, 0.717) is 40.4 Å². The van der Waals surface area contributed by atoms with Crippen molar-refractivity contribution in [3.05, 3.63) is 67.0 Å². The normalized spacial score (nSPS) is 11.3. The number of carbonyl (C=O) groups is 2. The zero-order valence-electron chi connectivity index (χ0n) is 26.1. The lowest BCUT2D eigenvalue weighted by molar-refractivity contribution is -0.111. The van der Waals surface area contributed by atoms with Gasteiger partial charge in [0.1, 0.15) is 22.4 Å². The Bertz CT molecular complexity index is 1880. The van der Waals surface area contributed by atoms with Crippen LogP contribution in [-0.4, -0.2) is 84.0 Å². The first-order valence-corrected chi connectivity index (χ1v) is 14.3. The maximum atomic E-state index is 13.2. The predicted molar refractivity (Wildman–Crippen MR) is 174 cm³/mol. The van der Waals surface area contributed by atoms with Crippen molar-refractivity contribution >= 4 is 57.0 Å². The number of fused-ring (bicyclic) bond motifs is 3. The molecule has 5 rings (SSSR count). The maximum Gasteiger partial charge on any atom is 0.343 e. The van der Waals surface area contributed by atoms with Gasteiger partial charge in [-0.2, -0.15) is 10.1 Å². The summed E-state index contributed by atoms with van der Waals surface area (Å²) >= 11 is 0. The highest BCUT2D eigenvalue weighted by Crippen LogP contribution is 2.38. The van der Waals surface area contributed by atoms with Gasteiger partial charge in [-0.3, -0.25) is 4.79 Å². The molecule has 0 fully saturated rings. The highest BCUT2D eigenvalue weighted by molar-refractivity contribution is 6.04. The molecular weight excluding hydrogens is 576 g/mol. The smallest absolute Gasteiger partial charge is 0.343 e. The monoisotopic (exact) mass is 612 g/mol. The molecule has 0 aliphatic heterocycles. The number of hydrogen-bond acceptors (Lipinski definition) is 11. The number of aromatic nitrogens is 4. The number of amides is 1. The first kappa shape index (κ1) is 31.0. The average molecular weight is 613 g/mol. The molecule has 0 bridgehead atoms. The summed E-state index contributed by atoms with van der Waals surface area (Å²) < 4.78 is 18.7. The Morgan fingerprint density at radius 1 is 1.09 bits per heavy atom. The van der Waals surface area contributed by atoms with Crippen molar-refractivity contribution in [1.82, 2.24) is 24.6 Å². The second-order valence-electron chi connectivity index (χ2n) is 10.9. The molecular formula is C32H36N8O5. The van der Waals surface area contributed by atoms with Crippen LogP contribution in [0.25, 0.3) is 27.9 Å². The van der Waals surface area contributed by atoms with E-state index in [4.69, 9.17) is 18.9 Å². The summed E-state index contributed by atoms with van der Waals surface area (Å²) in [6.45, 7) is 8.60. The minimum absolute atomic E-state index is 0.119. The molecule has 3 aromatic heterocycles. The van der Waals surface area contributed by atoms with Crippen molar-refractivity contribution in [2.75, 3.05) is 56.9 Å². The molecule has 0 spiro atoms. The number of anilines is 4. The summed E-state index contributed by atoms with van der Waals surface area (Å²) in [5.41, 5.74) is 3.72. The summed E-state index contributed by atoms with van der Waals surface area (Å²) in [4.78, 5) is 38.8. The third-order valence-electron chi connectivity index (χ3n) is 6.93. The van der Waals surface area contributed by atoms with Crippen molar-refractivity contribution in [3.63, 3.8) is 0 Å². The number of benzene rings is 2. The van der Waals surface area contributed by atoms with E-state index in [1.165, 1.54) is 12.3 Å². The molecule has 3 heterocycles. The van der Waals surface area contributed by atoms with Crippen LogP contribution in [0.3, 0.4) is 0 Å². The first-order chi connectivity index (χ1) is 21.6. The molecule has 45 heavy (non-hydrogen) atoms. The molecule has 234 valence electrons. The Balaban J connectivity index is 1.61. The van der Waals surface area contributed by atoms with E-state index in [1.807, 2.05) is 56.4 Å². The first-order valence-electron chi connectivity index (χ1n) is 14.3. The zero-order chi connectivity index (χ0) is 32.2. The fourth-order valence-corrected chi connectivity index (χ4v) is 4.73. The Morgan fingerprint density at radius 3 is 2.58 bits per heavy atom. The van der Waals surface area contributed by atoms with E-state index in [0.717, 1.165) is 17.6 Å². The SMILES string of the molecule is C=CC(=O)Nc1cc(Nc2ncc(C(=O)OC(C)C)c(-n3ncc4oc5ccccc5c43)n2)c(OC)cc1N(C)CCN(C)C. The molecule has 0 atom stereocenters. The van der Waals surface area contributed by atoms with E-state index in [2.05, 4.69) is 32.2 Å². The van der Waals surface area contributed by atoms with Gasteiger partial charge in [0.25, 0.3) is 0 Å². The molecule has 13 heteroatoms. The van der Waals surface area contributed by atoms with E-state index in [1.54, 1.807) is 37.9 Å². The van der Waals surface area contributed by atoms with Gasteiger partial charge in [-0.05, 0) is 52.2 Å². The van der Waals surface area contributed by atoms with E-state index in [-0.39, 0.29) is 29.3 Å². The van der Waals surface area contributed by atoms with Gasteiger partial charge in [0.15, 0.2) is 11.4 Å². The van der Waals surface area contributed by atoms with Gasteiger partial charge >= 0.3 is 5.97 Å². The number of esters is 1. The van der Waals surface area contributed by atoms with Crippen molar-refractivity contribution in [2.45, 2.75) is 20.0 Å². The molecule has 0 aliphatic rings. The lowest BCUT2D eigenvalue weighted by Crippen LogP contribution is -2.29. The Morgan fingerprint density at radius 2 is 1.87 bits per heavy atom. The van der Waals surface area contributed by atoms with Crippen molar-refractivity contribution in [1.29, 1.82) is 0 Å². The second-order valence-corrected chi connectivity index (χ2v) is 10.9. The number of nitrogens with one attached hydrogen (secondary N) is 2. The van der Waals surface area contributed by atoms with Crippen LogP contribution in [0, 0.1) is 0 Å².